The molecular weight excluding hydrogens is 412 g/mol. The molecule has 0 saturated carbocycles. The van der Waals surface area contributed by atoms with E-state index < -0.39 is 20.0 Å². The number of hydrogen-bond acceptors (Lipinski definition) is 6. The number of nitrogens with one attached hydrogen (secondary N) is 2. The summed E-state index contributed by atoms with van der Waals surface area (Å²) in [6.45, 7) is 3.39. The summed E-state index contributed by atoms with van der Waals surface area (Å²) in [7, 11) is -6.02. The topological polar surface area (TPSA) is 98.8 Å². The molecule has 3 rings (SSSR count). The Morgan fingerprint density at radius 2 is 1.72 bits per heavy atom. The quantitative estimate of drug-likeness (QED) is 0.712. The lowest BCUT2D eigenvalue weighted by Gasteiger charge is -2.26. The summed E-state index contributed by atoms with van der Waals surface area (Å²) in [6.07, 6.45) is 2.02. The van der Waals surface area contributed by atoms with Crippen molar-refractivity contribution in [3.05, 3.63) is 48.5 Å². The van der Waals surface area contributed by atoms with Crippen LogP contribution in [0.2, 0.25) is 0 Å². The van der Waals surface area contributed by atoms with E-state index in [0.29, 0.717) is 0 Å². The molecule has 0 radical (unpaired) electrons. The van der Waals surface area contributed by atoms with Crippen molar-refractivity contribution < 1.29 is 16.8 Å². The van der Waals surface area contributed by atoms with Crippen molar-refractivity contribution in [2.45, 2.75) is 11.3 Å². The van der Waals surface area contributed by atoms with Crippen molar-refractivity contribution in [3.63, 3.8) is 0 Å². The molecule has 1 fully saturated rings. The van der Waals surface area contributed by atoms with Gasteiger partial charge in [0.2, 0.25) is 10.0 Å². The highest BCUT2D eigenvalue weighted by Crippen LogP contribution is 2.34. The highest BCUT2D eigenvalue weighted by molar-refractivity contribution is 7.93. The molecular formula is C19H26N4O4S2. The van der Waals surface area contributed by atoms with E-state index in [-0.39, 0.29) is 16.3 Å². The van der Waals surface area contributed by atoms with Gasteiger partial charge in [0.15, 0.2) is 0 Å². The molecule has 8 nitrogen and oxygen atoms in total. The van der Waals surface area contributed by atoms with E-state index in [9.17, 15) is 16.8 Å². The Balaban J connectivity index is 2.03. The molecule has 0 aliphatic carbocycles. The summed E-state index contributed by atoms with van der Waals surface area (Å²) >= 11 is 0. The van der Waals surface area contributed by atoms with Gasteiger partial charge in [0.1, 0.15) is 0 Å². The van der Waals surface area contributed by atoms with Crippen molar-refractivity contribution in [1.29, 1.82) is 0 Å². The summed E-state index contributed by atoms with van der Waals surface area (Å²) in [5, 5.41) is 3.33. The van der Waals surface area contributed by atoms with Gasteiger partial charge in [0.05, 0.1) is 22.5 Å². The lowest BCUT2D eigenvalue weighted by Crippen LogP contribution is -2.29. The van der Waals surface area contributed by atoms with Gasteiger partial charge >= 0.3 is 0 Å². The first-order chi connectivity index (χ1) is 13.7. The Hall–Kier alpha value is -2.30. The second-order valence-electron chi connectivity index (χ2n) is 6.95. The molecule has 2 N–H and O–H groups in total. The highest BCUT2D eigenvalue weighted by atomic mass is 32.2. The van der Waals surface area contributed by atoms with Gasteiger partial charge in [-0.1, -0.05) is 18.2 Å². The fourth-order valence-electron chi connectivity index (χ4n) is 3.26. The minimum absolute atomic E-state index is 0.135. The van der Waals surface area contributed by atoms with Crippen molar-refractivity contribution in [1.82, 2.24) is 5.32 Å². The molecule has 0 bridgehead atoms. The van der Waals surface area contributed by atoms with Gasteiger partial charge in [-0.25, -0.2) is 16.8 Å². The summed E-state index contributed by atoms with van der Waals surface area (Å²) in [5.41, 5.74) is 1.33. The maximum atomic E-state index is 13.0. The number of sulfonamides is 2. The molecule has 0 atom stereocenters. The third kappa shape index (κ3) is 5.20. The van der Waals surface area contributed by atoms with E-state index >= 15 is 0 Å². The summed E-state index contributed by atoms with van der Waals surface area (Å²) in [5.74, 6) is 0. The Bertz CT molecular complexity index is 1050. The Morgan fingerprint density at radius 3 is 2.41 bits per heavy atom. The largest absolute Gasteiger partial charge is 0.370 e. The average molecular weight is 439 g/mol. The van der Waals surface area contributed by atoms with Crippen LogP contribution in [0.5, 0.6) is 0 Å². The van der Waals surface area contributed by atoms with E-state index in [1.165, 1.54) is 19.2 Å². The summed E-state index contributed by atoms with van der Waals surface area (Å²) < 4.78 is 53.5. The third-order valence-electron chi connectivity index (χ3n) is 4.72. The number of nitrogens with zero attached hydrogens (tertiary/aromatic N) is 2. The molecule has 1 aliphatic rings. The molecule has 29 heavy (non-hydrogen) atoms. The number of rotatable bonds is 6. The molecule has 0 aromatic heterocycles. The van der Waals surface area contributed by atoms with Crippen LogP contribution in [-0.4, -0.2) is 56.3 Å². The zero-order valence-corrected chi connectivity index (χ0v) is 18.1. The third-order valence-corrected chi connectivity index (χ3v) is 7.10. The predicted molar refractivity (Wildman–Crippen MR) is 117 cm³/mol. The van der Waals surface area contributed by atoms with Gasteiger partial charge in [-0.05, 0) is 43.3 Å². The van der Waals surface area contributed by atoms with Crippen LogP contribution in [0, 0.1) is 0 Å². The average Bonchev–Trinajstić information content (AvgIpc) is 2.96. The number of hydrogen-bond donors (Lipinski definition) is 2. The SMILES string of the molecule is CN(c1ccc(N2CCCNCC2)cc1NS(C)(=O)=O)S(=O)(=O)c1ccccc1. The first-order valence-electron chi connectivity index (χ1n) is 9.30. The van der Waals surface area contributed by atoms with Crippen LogP contribution >= 0.6 is 0 Å². The fourth-order valence-corrected chi connectivity index (χ4v) is 5.06. The summed E-state index contributed by atoms with van der Waals surface area (Å²) in [6, 6.07) is 13.2. The zero-order chi connectivity index (χ0) is 21.1. The standard InChI is InChI=1S/C19H26N4O4S2/c1-22(29(26,27)17-7-4-3-5-8-17)19-10-9-16(15-18(19)21-28(2,24)25)23-13-6-11-20-12-14-23/h3-5,7-10,15,20-21H,6,11-14H2,1-2H3. The van der Waals surface area contributed by atoms with Gasteiger partial charge in [-0.3, -0.25) is 9.03 Å². The molecule has 1 saturated heterocycles. The number of anilines is 3. The molecule has 0 spiro atoms. The monoisotopic (exact) mass is 438 g/mol. The maximum Gasteiger partial charge on any atom is 0.264 e. The second kappa shape index (κ2) is 8.60. The molecule has 1 heterocycles. The lowest BCUT2D eigenvalue weighted by molar-refractivity contribution is 0.594. The van der Waals surface area contributed by atoms with E-state index in [1.54, 1.807) is 30.3 Å². The Kier molecular flexibility index (Phi) is 6.35. The highest BCUT2D eigenvalue weighted by Gasteiger charge is 2.25. The minimum atomic E-state index is -3.84. The second-order valence-corrected chi connectivity index (χ2v) is 10.7. The van der Waals surface area contributed by atoms with Gasteiger partial charge in [-0.15, -0.1) is 0 Å². The van der Waals surface area contributed by atoms with Crippen molar-refractivity contribution in [3.8, 4) is 0 Å². The van der Waals surface area contributed by atoms with E-state index in [0.717, 1.165) is 48.8 Å². The van der Waals surface area contributed by atoms with Crippen molar-refractivity contribution in [2.75, 3.05) is 53.4 Å². The smallest absolute Gasteiger partial charge is 0.264 e. The Labute approximate surface area is 172 Å². The first kappa shape index (κ1) is 21.4. The van der Waals surface area contributed by atoms with Gasteiger partial charge in [0.25, 0.3) is 10.0 Å². The molecule has 0 amide bonds. The van der Waals surface area contributed by atoms with Crippen LogP contribution in [0.1, 0.15) is 6.42 Å². The van der Waals surface area contributed by atoms with Crippen LogP contribution < -0.4 is 19.2 Å². The van der Waals surface area contributed by atoms with Crippen molar-refractivity contribution in [2.24, 2.45) is 0 Å². The molecule has 10 heteroatoms. The lowest BCUT2D eigenvalue weighted by atomic mass is 10.2. The van der Waals surface area contributed by atoms with Gasteiger partial charge in [-0.2, -0.15) is 0 Å². The first-order valence-corrected chi connectivity index (χ1v) is 12.6. The molecule has 2 aromatic rings. The molecule has 158 valence electrons. The molecule has 2 aromatic carbocycles. The summed E-state index contributed by atoms with van der Waals surface area (Å²) in [4.78, 5) is 2.29. The predicted octanol–water partition coefficient (Wildman–Crippen LogP) is 1.68. The maximum absolute atomic E-state index is 13.0. The molecule has 1 aliphatic heterocycles. The molecule has 0 unspecified atom stereocenters. The van der Waals surface area contributed by atoms with Crippen LogP contribution in [-0.2, 0) is 20.0 Å². The normalized spacial score (nSPS) is 15.6. The van der Waals surface area contributed by atoms with E-state index in [2.05, 4.69) is 14.9 Å². The van der Waals surface area contributed by atoms with E-state index in [1.807, 2.05) is 6.07 Å². The van der Waals surface area contributed by atoms with E-state index in [4.69, 9.17) is 0 Å². The number of benzene rings is 2. The van der Waals surface area contributed by atoms with Crippen molar-refractivity contribution >= 4 is 37.1 Å². The minimum Gasteiger partial charge on any atom is -0.370 e. The van der Waals surface area contributed by atoms with Crippen LogP contribution in [0.25, 0.3) is 0 Å². The van der Waals surface area contributed by atoms with Crippen LogP contribution in [0.15, 0.2) is 53.4 Å². The van der Waals surface area contributed by atoms with Crippen LogP contribution in [0.4, 0.5) is 17.1 Å². The zero-order valence-electron chi connectivity index (χ0n) is 16.5. The fraction of sp³-hybridized carbons (Fsp3) is 0.368. The van der Waals surface area contributed by atoms with Gasteiger partial charge < -0.3 is 10.2 Å². The Morgan fingerprint density at radius 1 is 1.00 bits per heavy atom. The van der Waals surface area contributed by atoms with Crippen LogP contribution in [0.3, 0.4) is 0 Å². The van der Waals surface area contributed by atoms with Gasteiger partial charge in [0, 0.05) is 32.4 Å².